The van der Waals surface area contributed by atoms with Crippen molar-refractivity contribution < 1.29 is 9.47 Å². The normalized spacial score (nSPS) is 12.2. The lowest BCUT2D eigenvalue weighted by Crippen LogP contribution is -2.21. The van der Waals surface area contributed by atoms with Crippen LogP contribution in [-0.4, -0.2) is 36.3 Å². The molecule has 2 aromatic rings. The molecule has 0 radical (unpaired) electrons. The molecule has 1 N–H and O–H groups in total. The maximum Gasteiger partial charge on any atom is 0.161 e. The summed E-state index contributed by atoms with van der Waals surface area (Å²) in [4.78, 5) is 0. The first-order valence-corrected chi connectivity index (χ1v) is 7.02. The summed E-state index contributed by atoms with van der Waals surface area (Å²) in [5.41, 5.74) is 2.11. The van der Waals surface area contributed by atoms with Gasteiger partial charge in [0.05, 0.1) is 32.2 Å². The summed E-state index contributed by atoms with van der Waals surface area (Å²) in [6, 6.07) is 5.91. The maximum absolute atomic E-state index is 5.38. The molecule has 0 aliphatic carbocycles. The number of nitrogens with zero attached hydrogens (tertiary/aromatic N) is 3. The molecule has 0 saturated carbocycles. The van der Waals surface area contributed by atoms with Crippen LogP contribution in [-0.2, 0) is 6.54 Å². The first-order chi connectivity index (χ1) is 10.2. The standard InChI is InChI=1S/C15H22N4O2/c1-5-8-19-12(10-17-18-19)15(16-2)11-6-7-13(20-3)14(9-11)21-4/h6-7,9-10,15-16H,5,8H2,1-4H3. The number of ether oxygens (including phenoxy) is 2. The monoisotopic (exact) mass is 290 g/mol. The Morgan fingerprint density at radius 1 is 1.24 bits per heavy atom. The number of hydrogen-bond acceptors (Lipinski definition) is 5. The predicted molar refractivity (Wildman–Crippen MR) is 80.8 cm³/mol. The second-order valence-electron chi connectivity index (χ2n) is 4.72. The molecule has 0 spiro atoms. The van der Waals surface area contributed by atoms with Crippen LogP contribution in [0.25, 0.3) is 0 Å². The highest BCUT2D eigenvalue weighted by molar-refractivity contribution is 5.45. The molecule has 1 aromatic heterocycles. The smallest absolute Gasteiger partial charge is 0.161 e. The third-order valence-corrected chi connectivity index (χ3v) is 3.41. The molecule has 0 fully saturated rings. The van der Waals surface area contributed by atoms with Crippen LogP contribution < -0.4 is 14.8 Å². The second kappa shape index (κ2) is 7.08. The van der Waals surface area contributed by atoms with Gasteiger partial charge in [0.2, 0.25) is 0 Å². The van der Waals surface area contributed by atoms with Crippen molar-refractivity contribution in [2.45, 2.75) is 25.9 Å². The molecular formula is C15H22N4O2. The van der Waals surface area contributed by atoms with Gasteiger partial charge in [0.1, 0.15) is 0 Å². The molecule has 0 aliphatic rings. The third-order valence-electron chi connectivity index (χ3n) is 3.41. The van der Waals surface area contributed by atoms with E-state index < -0.39 is 0 Å². The largest absolute Gasteiger partial charge is 0.493 e. The Morgan fingerprint density at radius 3 is 2.62 bits per heavy atom. The lowest BCUT2D eigenvalue weighted by molar-refractivity contribution is 0.354. The summed E-state index contributed by atoms with van der Waals surface area (Å²) >= 11 is 0. The molecule has 0 aliphatic heterocycles. The number of aromatic nitrogens is 3. The molecule has 6 heteroatoms. The van der Waals surface area contributed by atoms with Crippen molar-refractivity contribution in [1.82, 2.24) is 20.3 Å². The fourth-order valence-corrected chi connectivity index (χ4v) is 2.39. The SMILES string of the molecule is CCCn1nncc1C(NC)c1ccc(OC)c(OC)c1. The van der Waals surface area contributed by atoms with Gasteiger partial charge in [-0.25, -0.2) is 4.68 Å². The van der Waals surface area contributed by atoms with Crippen LogP contribution >= 0.6 is 0 Å². The van der Waals surface area contributed by atoms with Crippen LogP contribution in [0, 0.1) is 0 Å². The summed E-state index contributed by atoms with van der Waals surface area (Å²) in [5.74, 6) is 1.43. The van der Waals surface area contributed by atoms with E-state index in [0.29, 0.717) is 5.75 Å². The van der Waals surface area contributed by atoms with Crippen LogP contribution in [0.15, 0.2) is 24.4 Å². The lowest BCUT2D eigenvalue weighted by atomic mass is 10.0. The molecule has 1 unspecified atom stereocenters. The Bertz CT molecular complexity index is 583. The molecule has 0 bridgehead atoms. The van der Waals surface area contributed by atoms with Gasteiger partial charge in [-0.1, -0.05) is 18.2 Å². The minimum atomic E-state index is 0.00589. The zero-order chi connectivity index (χ0) is 15.2. The van der Waals surface area contributed by atoms with Gasteiger partial charge in [-0.05, 0) is 31.2 Å². The van der Waals surface area contributed by atoms with Crippen LogP contribution in [0.5, 0.6) is 11.5 Å². The van der Waals surface area contributed by atoms with Crippen LogP contribution in [0.3, 0.4) is 0 Å². The Hall–Kier alpha value is -2.08. The predicted octanol–water partition coefficient (Wildman–Crippen LogP) is 2.01. The fraction of sp³-hybridized carbons (Fsp3) is 0.467. The third kappa shape index (κ3) is 3.16. The first kappa shape index (κ1) is 15.3. The molecule has 6 nitrogen and oxygen atoms in total. The van der Waals surface area contributed by atoms with Crippen molar-refractivity contribution >= 4 is 0 Å². The molecule has 1 heterocycles. The summed E-state index contributed by atoms with van der Waals surface area (Å²) in [6.45, 7) is 2.97. The number of nitrogens with one attached hydrogen (secondary N) is 1. The minimum absolute atomic E-state index is 0.00589. The van der Waals surface area contributed by atoms with Gasteiger partial charge in [-0.15, -0.1) is 5.10 Å². The van der Waals surface area contributed by atoms with Crippen molar-refractivity contribution in [2.24, 2.45) is 0 Å². The van der Waals surface area contributed by atoms with Crippen molar-refractivity contribution in [1.29, 1.82) is 0 Å². The number of benzene rings is 1. The van der Waals surface area contributed by atoms with Gasteiger partial charge in [-0.2, -0.15) is 0 Å². The van der Waals surface area contributed by atoms with Crippen molar-refractivity contribution in [2.75, 3.05) is 21.3 Å². The zero-order valence-electron chi connectivity index (χ0n) is 13.0. The second-order valence-corrected chi connectivity index (χ2v) is 4.72. The molecule has 1 atom stereocenters. The number of rotatable bonds is 7. The van der Waals surface area contributed by atoms with Crippen LogP contribution in [0.4, 0.5) is 0 Å². The van der Waals surface area contributed by atoms with Crippen LogP contribution in [0.1, 0.15) is 30.6 Å². The van der Waals surface area contributed by atoms with E-state index in [2.05, 4.69) is 22.6 Å². The molecule has 114 valence electrons. The molecule has 0 saturated heterocycles. The Balaban J connectivity index is 2.39. The number of hydrogen-bond donors (Lipinski definition) is 1. The maximum atomic E-state index is 5.38. The Kier molecular flexibility index (Phi) is 5.16. The van der Waals surface area contributed by atoms with Crippen molar-refractivity contribution in [3.63, 3.8) is 0 Å². The molecular weight excluding hydrogens is 268 g/mol. The Morgan fingerprint density at radius 2 is 2.00 bits per heavy atom. The van der Waals surface area contributed by atoms with E-state index in [1.165, 1.54) is 0 Å². The van der Waals surface area contributed by atoms with Gasteiger partial charge in [0.25, 0.3) is 0 Å². The highest BCUT2D eigenvalue weighted by Gasteiger charge is 2.19. The summed E-state index contributed by atoms with van der Waals surface area (Å²) in [6.07, 6.45) is 2.81. The number of methoxy groups -OCH3 is 2. The topological polar surface area (TPSA) is 61.2 Å². The molecule has 0 amide bonds. The van der Waals surface area contributed by atoms with E-state index in [1.54, 1.807) is 20.4 Å². The van der Waals surface area contributed by atoms with Gasteiger partial charge in [0, 0.05) is 6.54 Å². The molecule has 21 heavy (non-hydrogen) atoms. The average Bonchev–Trinajstić information content (AvgIpc) is 2.96. The van der Waals surface area contributed by atoms with Crippen LogP contribution in [0.2, 0.25) is 0 Å². The minimum Gasteiger partial charge on any atom is -0.493 e. The lowest BCUT2D eigenvalue weighted by Gasteiger charge is -2.19. The summed E-state index contributed by atoms with van der Waals surface area (Å²) in [7, 11) is 5.19. The van der Waals surface area contributed by atoms with Gasteiger partial charge in [0.15, 0.2) is 11.5 Å². The highest BCUT2D eigenvalue weighted by Crippen LogP contribution is 2.31. The van der Waals surface area contributed by atoms with E-state index in [-0.39, 0.29) is 6.04 Å². The van der Waals surface area contributed by atoms with E-state index in [4.69, 9.17) is 9.47 Å². The zero-order valence-corrected chi connectivity index (χ0v) is 13.0. The van der Waals surface area contributed by atoms with Gasteiger partial charge >= 0.3 is 0 Å². The molecule has 1 aromatic carbocycles. The number of aryl methyl sites for hydroxylation is 1. The Labute approximate surface area is 125 Å². The summed E-state index contributed by atoms with van der Waals surface area (Å²) < 4.78 is 12.6. The van der Waals surface area contributed by atoms with Gasteiger partial charge < -0.3 is 14.8 Å². The quantitative estimate of drug-likeness (QED) is 0.845. The average molecular weight is 290 g/mol. The fourth-order valence-electron chi connectivity index (χ4n) is 2.39. The van der Waals surface area contributed by atoms with Crippen molar-refractivity contribution in [3.8, 4) is 11.5 Å². The first-order valence-electron chi connectivity index (χ1n) is 7.02. The van der Waals surface area contributed by atoms with Crippen molar-refractivity contribution in [3.05, 3.63) is 35.7 Å². The van der Waals surface area contributed by atoms with Gasteiger partial charge in [-0.3, -0.25) is 0 Å². The van der Waals surface area contributed by atoms with E-state index in [9.17, 15) is 0 Å². The summed E-state index contributed by atoms with van der Waals surface area (Å²) in [5, 5.41) is 11.5. The molecule has 2 rings (SSSR count). The van der Waals surface area contributed by atoms with E-state index >= 15 is 0 Å². The van der Waals surface area contributed by atoms with E-state index in [1.807, 2.05) is 29.9 Å². The van der Waals surface area contributed by atoms with E-state index in [0.717, 1.165) is 30.0 Å². The highest BCUT2D eigenvalue weighted by atomic mass is 16.5.